The minimum absolute atomic E-state index is 0.0636. The molecule has 2 aliphatic rings. The number of rotatable bonds is 3. The van der Waals surface area contributed by atoms with Crippen molar-refractivity contribution < 1.29 is 22.4 Å². The Morgan fingerprint density at radius 2 is 2.07 bits per heavy atom. The highest BCUT2D eigenvalue weighted by Gasteiger charge is 2.38. The quantitative estimate of drug-likeness (QED) is 0.887. The van der Waals surface area contributed by atoms with Gasteiger partial charge in [-0.25, -0.2) is 4.98 Å². The first-order valence-electron chi connectivity index (χ1n) is 8.97. The Bertz CT molecular complexity index is 862. The highest BCUT2D eigenvalue weighted by atomic mass is 19.4. The molecule has 2 aliphatic heterocycles. The minimum Gasteiger partial charge on any atom is -0.441 e. The molecule has 2 aromatic rings. The lowest BCUT2D eigenvalue weighted by Gasteiger charge is -2.26. The topological polar surface area (TPSA) is 58.4 Å². The van der Waals surface area contributed by atoms with E-state index in [1.54, 1.807) is 13.0 Å². The zero-order chi connectivity index (χ0) is 19.2. The van der Waals surface area contributed by atoms with E-state index in [4.69, 9.17) is 4.42 Å². The Hall–Kier alpha value is -2.35. The first kappa shape index (κ1) is 18.0. The highest BCUT2D eigenvalue weighted by molar-refractivity contribution is 5.77. The molecule has 1 amide bonds. The fraction of sp³-hybridized carbons (Fsp3) is 0.474. The Kier molecular flexibility index (Phi) is 4.46. The van der Waals surface area contributed by atoms with E-state index in [2.05, 4.69) is 15.2 Å². The van der Waals surface area contributed by atoms with E-state index in [0.29, 0.717) is 36.5 Å². The van der Waals surface area contributed by atoms with Crippen molar-refractivity contribution in [3.8, 4) is 11.5 Å². The third kappa shape index (κ3) is 3.58. The molecule has 1 aromatic carbocycles. The van der Waals surface area contributed by atoms with Crippen LogP contribution < -0.4 is 5.32 Å². The molecule has 144 valence electrons. The molecule has 3 heterocycles. The summed E-state index contributed by atoms with van der Waals surface area (Å²) >= 11 is 0. The summed E-state index contributed by atoms with van der Waals surface area (Å²) < 4.78 is 44.5. The summed E-state index contributed by atoms with van der Waals surface area (Å²) in [6.07, 6.45) is -1.96. The predicted molar refractivity (Wildman–Crippen MR) is 91.7 cm³/mol. The normalized spacial score (nSPS) is 23.3. The van der Waals surface area contributed by atoms with Crippen LogP contribution in [-0.4, -0.2) is 34.4 Å². The van der Waals surface area contributed by atoms with E-state index in [0.717, 1.165) is 25.0 Å². The molecule has 2 atom stereocenters. The van der Waals surface area contributed by atoms with Gasteiger partial charge < -0.3 is 9.73 Å². The number of oxazole rings is 1. The number of benzene rings is 1. The average Bonchev–Trinajstić information content (AvgIpc) is 3.11. The van der Waals surface area contributed by atoms with E-state index in [1.807, 2.05) is 0 Å². The van der Waals surface area contributed by atoms with Crippen molar-refractivity contribution in [1.82, 2.24) is 15.2 Å². The van der Waals surface area contributed by atoms with Crippen LogP contribution in [0.1, 0.15) is 36.3 Å². The molecule has 2 unspecified atom stereocenters. The van der Waals surface area contributed by atoms with Gasteiger partial charge in [-0.15, -0.1) is 0 Å². The zero-order valence-electron chi connectivity index (χ0n) is 14.8. The number of hydrogen-bond donors (Lipinski definition) is 1. The van der Waals surface area contributed by atoms with E-state index in [1.165, 1.54) is 6.07 Å². The van der Waals surface area contributed by atoms with Gasteiger partial charge in [-0.2, -0.15) is 13.2 Å². The summed E-state index contributed by atoms with van der Waals surface area (Å²) in [7, 11) is 0. The maximum atomic E-state index is 12.9. The SMILES string of the molecule is Cc1oc(-c2cccc(C(F)(F)F)c2)nc1CN1C2CCC1CC(=O)NC2. The summed E-state index contributed by atoms with van der Waals surface area (Å²) in [5.74, 6) is 0.837. The molecule has 1 N–H and O–H groups in total. The number of alkyl halides is 3. The van der Waals surface area contributed by atoms with Crippen LogP contribution in [0.3, 0.4) is 0 Å². The van der Waals surface area contributed by atoms with Crippen molar-refractivity contribution in [2.75, 3.05) is 6.54 Å². The molecule has 4 rings (SSSR count). The van der Waals surface area contributed by atoms with Crippen molar-refractivity contribution in [3.05, 3.63) is 41.3 Å². The molecular weight excluding hydrogens is 359 g/mol. The minimum atomic E-state index is -4.41. The summed E-state index contributed by atoms with van der Waals surface area (Å²) in [6, 6.07) is 5.42. The molecule has 2 fully saturated rings. The van der Waals surface area contributed by atoms with E-state index in [9.17, 15) is 18.0 Å². The van der Waals surface area contributed by atoms with Crippen LogP contribution in [-0.2, 0) is 17.5 Å². The van der Waals surface area contributed by atoms with Gasteiger partial charge >= 0.3 is 6.18 Å². The van der Waals surface area contributed by atoms with Gasteiger partial charge in [0.15, 0.2) is 0 Å². The largest absolute Gasteiger partial charge is 0.441 e. The fourth-order valence-electron chi connectivity index (χ4n) is 3.93. The van der Waals surface area contributed by atoms with Crippen LogP contribution in [0.2, 0.25) is 0 Å². The number of aryl methyl sites for hydroxylation is 1. The Balaban J connectivity index is 1.58. The van der Waals surface area contributed by atoms with Crippen LogP contribution in [0, 0.1) is 6.92 Å². The molecule has 2 saturated heterocycles. The second-order valence-corrected chi connectivity index (χ2v) is 7.17. The van der Waals surface area contributed by atoms with Gasteiger partial charge in [-0.05, 0) is 38.0 Å². The number of fused-ring (bicyclic) bond motifs is 2. The number of aromatic nitrogens is 1. The molecule has 2 bridgehead atoms. The fourth-order valence-corrected chi connectivity index (χ4v) is 3.93. The van der Waals surface area contributed by atoms with E-state index in [-0.39, 0.29) is 23.9 Å². The molecule has 0 saturated carbocycles. The van der Waals surface area contributed by atoms with Crippen molar-refractivity contribution in [2.45, 2.75) is 51.0 Å². The van der Waals surface area contributed by atoms with Crippen LogP contribution in [0.5, 0.6) is 0 Å². The van der Waals surface area contributed by atoms with Crippen molar-refractivity contribution in [2.24, 2.45) is 0 Å². The van der Waals surface area contributed by atoms with Crippen molar-refractivity contribution in [3.63, 3.8) is 0 Å². The zero-order valence-corrected chi connectivity index (χ0v) is 14.8. The Labute approximate surface area is 154 Å². The Morgan fingerprint density at radius 3 is 2.85 bits per heavy atom. The number of halogens is 3. The van der Waals surface area contributed by atoms with Crippen LogP contribution >= 0.6 is 0 Å². The monoisotopic (exact) mass is 379 g/mol. The van der Waals surface area contributed by atoms with Crippen LogP contribution in [0.4, 0.5) is 13.2 Å². The summed E-state index contributed by atoms with van der Waals surface area (Å²) in [5, 5.41) is 2.93. The molecular formula is C19H20F3N3O2. The van der Waals surface area contributed by atoms with Gasteiger partial charge in [-0.3, -0.25) is 9.69 Å². The highest BCUT2D eigenvalue weighted by Crippen LogP contribution is 2.34. The molecule has 1 aromatic heterocycles. The summed E-state index contributed by atoms with van der Waals surface area (Å²) in [4.78, 5) is 18.5. The van der Waals surface area contributed by atoms with Gasteiger partial charge in [0, 0.05) is 37.2 Å². The number of nitrogens with zero attached hydrogens (tertiary/aromatic N) is 2. The summed E-state index contributed by atoms with van der Waals surface area (Å²) in [5.41, 5.74) is 0.274. The standard InChI is InChI=1S/C19H20F3N3O2/c1-11-16(10-25-14-5-6-15(25)9-23-17(26)8-14)24-18(27-11)12-3-2-4-13(7-12)19(20,21)22/h2-4,7,14-15H,5-6,8-10H2,1H3,(H,23,26). The average molecular weight is 379 g/mol. The number of carbonyl (C=O) groups excluding carboxylic acids is 1. The van der Waals surface area contributed by atoms with E-state index < -0.39 is 11.7 Å². The lowest BCUT2D eigenvalue weighted by atomic mass is 10.1. The smallest absolute Gasteiger partial charge is 0.416 e. The first-order valence-corrected chi connectivity index (χ1v) is 8.97. The maximum absolute atomic E-state index is 12.9. The lowest BCUT2D eigenvalue weighted by Crippen LogP contribution is -2.37. The summed E-state index contributed by atoms with van der Waals surface area (Å²) in [6.45, 7) is 2.91. The Morgan fingerprint density at radius 1 is 1.30 bits per heavy atom. The van der Waals surface area contributed by atoms with Gasteiger partial charge in [-0.1, -0.05) is 6.07 Å². The maximum Gasteiger partial charge on any atom is 0.416 e. The first-order chi connectivity index (χ1) is 12.8. The second kappa shape index (κ2) is 6.67. The molecule has 0 radical (unpaired) electrons. The van der Waals surface area contributed by atoms with Crippen molar-refractivity contribution >= 4 is 5.91 Å². The third-order valence-corrected chi connectivity index (χ3v) is 5.39. The van der Waals surface area contributed by atoms with Crippen LogP contribution in [0.15, 0.2) is 28.7 Å². The lowest BCUT2D eigenvalue weighted by molar-refractivity contribution is -0.137. The molecule has 8 heteroatoms. The van der Waals surface area contributed by atoms with Gasteiger partial charge in [0.25, 0.3) is 0 Å². The molecule has 0 spiro atoms. The number of amides is 1. The second-order valence-electron chi connectivity index (χ2n) is 7.17. The number of nitrogens with one attached hydrogen (secondary N) is 1. The van der Waals surface area contributed by atoms with Gasteiger partial charge in [0.05, 0.1) is 11.3 Å². The molecule has 0 aliphatic carbocycles. The molecule has 27 heavy (non-hydrogen) atoms. The van der Waals surface area contributed by atoms with Gasteiger partial charge in [0.2, 0.25) is 11.8 Å². The molecule has 5 nitrogen and oxygen atoms in total. The van der Waals surface area contributed by atoms with Crippen LogP contribution in [0.25, 0.3) is 11.5 Å². The van der Waals surface area contributed by atoms with E-state index >= 15 is 0 Å². The number of carbonyl (C=O) groups is 1. The van der Waals surface area contributed by atoms with Crippen molar-refractivity contribution in [1.29, 1.82) is 0 Å². The third-order valence-electron chi connectivity index (χ3n) is 5.39. The number of hydrogen-bond acceptors (Lipinski definition) is 4. The predicted octanol–water partition coefficient (Wildman–Crippen LogP) is 3.52. The van der Waals surface area contributed by atoms with Gasteiger partial charge in [0.1, 0.15) is 5.76 Å².